The fraction of sp³-hybridized carbons (Fsp3) is 0.0625. The number of nitrogens with two attached hydrogens (primary N) is 1. The van der Waals surface area contributed by atoms with Crippen LogP contribution in [-0.4, -0.2) is 15.3 Å². The second-order valence-electron chi connectivity index (χ2n) is 5.32. The van der Waals surface area contributed by atoms with E-state index in [1.54, 1.807) is 6.07 Å². The number of aromatic nitrogens is 4. The van der Waals surface area contributed by atoms with Crippen LogP contribution in [0.2, 0.25) is 10.0 Å². The van der Waals surface area contributed by atoms with Gasteiger partial charge in [0.15, 0.2) is 11.0 Å². The van der Waals surface area contributed by atoms with E-state index in [-0.39, 0.29) is 5.82 Å². The third-order valence-corrected chi connectivity index (χ3v) is 4.52. The number of rotatable bonds is 3. The SMILES string of the molecule is Nc1nonc1-c1[nH]c2ccccc2[n+]1Cc1ccc(Cl)c(Cl)c1. The molecule has 0 aliphatic carbocycles. The van der Waals surface area contributed by atoms with Crippen molar-refractivity contribution in [2.75, 3.05) is 5.73 Å². The first-order valence-corrected chi connectivity index (χ1v) is 7.92. The third kappa shape index (κ3) is 2.50. The van der Waals surface area contributed by atoms with Crippen molar-refractivity contribution < 1.29 is 9.20 Å². The summed E-state index contributed by atoms with van der Waals surface area (Å²) in [6.45, 7) is 0.558. The number of halogens is 2. The van der Waals surface area contributed by atoms with Crippen molar-refractivity contribution in [1.29, 1.82) is 0 Å². The number of fused-ring (bicyclic) bond motifs is 1. The number of para-hydroxylation sites is 2. The highest BCUT2D eigenvalue weighted by molar-refractivity contribution is 6.42. The highest BCUT2D eigenvalue weighted by atomic mass is 35.5. The van der Waals surface area contributed by atoms with E-state index < -0.39 is 0 Å². The van der Waals surface area contributed by atoms with E-state index >= 15 is 0 Å². The van der Waals surface area contributed by atoms with Gasteiger partial charge in [-0.05, 0) is 40.1 Å². The lowest BCUT2D eigenvalue weighted by Gasteiger charge is -2.03. The molecule has 0 spiro atoms. The first-order chi connectivity index (χ1) is 11.6. The van der Waals surface area contributed by atoms with Crippen LogP contribution < -0.4 is 10.3 Å². The highest BCUT2D eigenvalue weighted by Crippen LogP contribution is 2.24. The number of nitrogen functional groups attached to an aromatic ring is 1. The summed E-state index contributed by atoms with van der Waals surface area (Å²) in [5.41, 5.74) is 9.28. The van der Waals surface area contributed by atoms with E-state index in [4.69, 9.17) is 33.6 Å². The Hall–Kier alpha value is -2.57. The van der Waals surface area contributed by atoms with Crippen molar-refractivity contribution in [2.45, 2.75) is 6.54 Å². The van der Waals surface area contributed by atoms with Gasteiger partial charge in [0.25, 0.3) is 0 Å². The van der Waals surface area contributed by atoms with Crippen molar-refractivity contribution in [2.24, 2.45) is 0 Å². The van der Waals surface area contributed by atoms with Gasteiger partial charge in [-0.2, -0.15) is 0 Å². The molecule has 120 valence electrons. The van der Waals surface area contributed by atoms with E-state index in [0.29, 0.717) is 28.1 Å². The van der Waals surface area contributed by atoms with Crippen LogP contribution in [0.4, 0.5) is 5.82 Å². The van der Waals surface area contributed by atoms with Crippen molar-refractivity contribution in [1.82, 2.24) is 15.3 Å². The van der Waals surface area contributed by atoms with Crippen LogP contribution in [0.25, 0.3) is 22.6 Å². The predicted molar refractivity (Wildman–Crippen MR) is 91.8 cm³/mol. The van der Waals surface area contributed by atoms with Crippen LogP contribution >= 0.6 is 23.2 Å². The first-order valence-electron chi connectivity index (χ1n) is 7.16. The number of aromatic amines is 1. The lowest BCUT2D eigenvalue weighted by atomic mass is 10.2. The molecule has 0 aliphatic rings. The normalized spacial score (nSPS) is 11.2. The maximum Gasteiger partial charge on any atom is 0.314 e. The van der Waals surface area contributed by atoms with Gasteiger partial charge < -0.3 is 5.73 Å². The Kier molecular flexibility index (Phi) is 3.63. The number of nitrogens with one attached hydrogen (secondary N) is 1. The summed E-state index contributed by atoms with van der Waals surface area (Å²) in [5.74, 6) is 0.936. The largest absolute Gasteiger partial charge is 0.379 e. The number of nitrogens with zero attached hydrogens (tertiary/aromatic N) is 3. The Labute approximate surface area is 146 Å². The van der Waals surface area contributed by atoms with Gasteiger partial charge in [-0.3, -0.25) is 0 Å². The number of hydrogen-bond acceptors (Lipinski definition) is 4. The molecule has 4 aromatic rings. The molecule has 24 heavy (non-hydrogen) atoms. The molecule has 8 heteroatoms. The summed E-state index contributed by atoms with van der Waals surface area (Å²) < 4.78 is 6.79. The van der Waals surface area contributed by atoms with E-state index in [2.05, 4.69) is 15.3 Å². The minimum Gasteiger partial charge on any atom is -0.379 e. The van der Waals surface area contributed by atoms with Crippen LogP contribution in [0, 0.1) is 0 Å². The monoisotopic (exact) mass is 360 g/mol. The zero-order valence-electron chi connectivity index (χ0n) is 12.3. The predicted octanol–water partition coefficient (Wildman–Crippen LogP) is 3.44. The maximum atomic E-state index is 6.13. The molecule has 0 fully saturated rings. The summed E-state index contributed by atoms with van der Waals surface area (Å²) in [6, 6.07) is 13.5. The number of imidazole rings is 1. The van der Waals surface area contributed by atoms with Crippen molar-refractivity contribution >= 4 is 40.1 Å². The molecule has 0 bridgehead atoms. The van der Waals surface area contributed by atoms with Crippen LogP contribution in [0.1, 0.15) is 5.56 Å². The fourth-order valence-electron chi connectivity index (χ4n) is 2.66. The van der Waals surface area contributed by atoms with Gasteiger partial charge in [-0.1, -0.05) is 41.4 Å². The summed E-state index contributed by atoms with van der Waals surface area (Å²) >= 11 is 12.1. The summed E-state index contributed by atoms with van der Waals surface area (Å²) in [6.07, 6.45) is 0. The standard InChI is InChI=1S/C16H11Cl2N5O/c17-10-6-5-9(7-11(10)18)8-23-13-4-2-1-3-12(13)20-16(23)14-15(19)22-24-21-14/h1-7H,8H2,(H2,19,22)/p+1. The van der Waals surface area contributed by atoms with Gasteiger partial charge in [0.05, 0.1) is 10.0 Å². The van der Waals surface area contributed by atoms with E-state index in [9.17, 15) is 0 Å². The molecule has 2 heterocycles. The van der Waals surface area contributed by atoms with Gasteiger partial charge in [0.1, 0.15) is 6.54 Å². The third-order valence-electron chi connectivity index (χ3n) is 3.78. The second kappa shape index (κ2) is 5.81. The van der Waals surface area contributed by atoms with Gasteiger partial charge in [0, 0.05) is 0 Å². The molecular formula is C16H12Cl2N5O+. The molecule has 2 aromatic carbocycles. The highest BCUT2D eigenvalue weighted by Gasteiger charge is 2.26. The smallest absolute Gasteiger partial charge is 0.314 e. The van der Waals surface area contributed by atoms with Crippen LogP contribution in [0.5, 0.6) is 0 Å². The van der Waals surface area contributed by atoms with Gasteiger partial charge in [-0.15, -0.1) is 0 Å². The fourth-order valence-corrected chi connectivity index (χ4v) is 2.98. The summed E-state index contributed by atoms with van der Waals surface area (Å²) in [7, 11) is 0. The Morgan fingerprint density at radius 1 is 1.08 bits per heavy atom. The maximum absolute atomic E-state index is 6.13. The average molecular weight is 361 g/mol. The molecule has 0 unspecified atom stereocenters. The number of benzene rings is 2. The van der Waals surface area contributed by atoms with Crippen LogP contribution in [0.3, 0.4) is 0 Å². The zero-order valence-corrected chi connectivity index (χ0v) is 13.8. The number of H-pyrrole nitrogens is 1. The minimum absolute atomic E-state index is 0.226. The summed E-state index contributed by atoms with van der Waals surface area (Å²) in [5, 5.41) is 8.60. The van der Waals surface area contributed by atoms with Crippen LogP contribution in [-0.2, 0) is 6.54 Å². The van der Waals surface area contributed by atoms with Gasteiger partial charge in [0.2, 0.25) is 11.5 Å². The molecule has 0 amide bonds. The van der Waals surface area contributed by atoms with Gasteiger partial charge in [-0.25, -0.2) is 14.2 Å². The van der Waals surface area contributed by atoms with Crippen LogP contribution in [0.15, 0.2) is 47.1 Å². The topological polar surface area (TPSA) is 84.6 Å². The summed E-state index contributed by atoms with van der Waals surface area (Å²) in [4.78, 5) is 3.32. The molecule has 0 saturated carbocycles. The Balaban J connectivity index is 1.89. The van der Waals surface area contributed by atoms with Crippen molar-refractivity contribution in [3.63, 3.8) is 0 Å². The van der Waals surface area contributed by atoms with Crippen molar-refractivity contribution in [3.05, 3.63) is 58.1 Å². The Morgan fingerprint density at radius 3 is 2.67 bits per heavy atom. The Morgan fingerprint density at radius 2 is 1.92 bits per heavy atom. The molecule has 4 rings (SSSR count). The average Bonchev–Trinajstić information content (AvgIpc) is 3.15. The lowest BCUT2D eigenvalue weighted by Crippen LogP contribution is -2.35. The molecule has 3 N–H and O–H groups in total. The molecule has 0 radical (unpaired) electrons. The lowest BCUT2D eigenvalue weighted by molar-refractivity contribution is -0.651. The zero-order chi connectivity index (χ0) is 16.7. The number of hydrogen-bond donors (Lipinski definition) is 2. The minimum atomic E-state index is 0.226. The second-order valence-corrected chi connectivity index (χ2v) is 6.14. The molecular weight excluding hydrogens is 349 g/mol. The quantitative estimate of drug-likeness (QED) is 0.548. The van der Waals surface area contributed by atoms with E-state index in [1.807, 2.05) is 41.0 Å². The molecule has 6 nitrogen and oxygen atoms in total. The Bertz CT molecular complexity index is 1040. The van der Waals surface area contributed by atoms with E-state index in [1.165, 1.54) is 0 Å². The van der Waals surface area contributed by atoms with Gasteiger partial charge >= 0.3 is 5.82 Å². The molecule has 0 saturated heterocycles. The molecule has 0 aliphatic heterocycles. The number of anilines is 1. The van der Waals surface area contributed by atoms with E-state index in [0.717, 1.165) is 16.6 Å². The molecule has 0 atom stereocenters. The molecule has 2 aromatic heterocycles. The van der Waals surface area contributed by atoms with Crippen molar-refractivity contribution in [3.8, 4) is 11.5 Å². The first kappa shape index (κ1) is 15.0.